The van der Waals surface area contributed by atoms with Gasteiger partial charge in [-0.15, -0.1) is 0 Å². The summed E-state index contributed by atoms with van der Waals surface area (Å²) in [6.07, 6.45) is 5.20. The normalized spacial score (nSPS) is 19.3. The number of para-hydroxylation sites is 1. The molecule has 0 atom stereocenters. The van der Waals surface area contributed by atoms with Crippen molar-refractivity contribution in [1.29, 1.82) is 0 Å². The van der Waals surface area contributed by atoms with Gasteiger partial charge in [0.15, 0.2) is 5.82 Å². The largest absolute Gasteiger partial charge is 0.341 e. The molecule has 0 amide bonds. The molecule has 0 unspecified atom stereocenters. The highest BCUT2D eigenvalue weighted by Gasteiger charge is 2.47. The first kappa shape index (κ1) is 16.3. The lowest BCUT2D eigenvalue weighted by Crippen LogP contribution is -2.46. The van der Waals surface area contributed by atoms with Gasteiger partial charge in [0.05, 0.1) is 24.3 Å². The zero-order valence-corrected chi connectivity index (χ0v) is 14.7. The topological polar surface area (TPSA) is 66.4 Å². The van der Waals surface area contributed by atoms with E-state index >= 15 is 0 Å². The predicted molar refractivity (Wildman–Crippen MR) is 93.7 cm³/mol. The third-order valence-corrected chi connectivity index (χ3v) is 6.33. The molecule has 1 fully saturated rings. The molecule has 0 aliphatic carbocycles. The Balaban J connectivity index is 1.61. The van der Waals surface area contributed by atoms with E-state index in [2.05, 4.69) is 9.97 Å². The monoisotopic (exact) mass is 362 g/mol. The summed E-state index contributed by atoms with van der Waals surface area (Å²) in [6, 6.07) is 7.74. The van der Waals surface area contributed by atoms with Gasteiger partial charge in [0.2, 0.25) is 16.0 Å². The molecule has 6 nitrogen and oxygen atoms in total. The van der Waals surface area contributed by atoms with Crippen molar-refractivity contribution in [3.63, 3.8) is 0 Å². The molecule has 3 heterocycles. The lowest BCUT2D eigenvalue weighted by molar-refractivity contribution is 0.354. The Bertz CT molecular complexity index is 893. The lowest BCUT2D eigenvalue weighted by atomic mass is 9.74. The fourth-order valence-corrected chi connectivity index (χ4v) is 4.91. The van der Waals surface area contributed by atoms with E-state index < -0.39 is 15.8 Å². The highest BCUT2D eigenvalue weighted by molar-refractivity contribution is 7.92. The Morgan fingerprint density at radius 3 is 2.40 bits per heavy atom. The first-order chi connectivity index (χ1) is 11.9. The van der Waals surface area contributed by atoms with Crippen LogP contribution in [0.15, 0.2) is 36.7 Å². The van der Waals surface area contributed by atoms with Crippen LogP contribution >= 0.6 is 0 Å². The summed E-state index contributed by atoms with van der Waals surface area (Å²) in [5.41, 5.74) is 1.70. The van der Waals surface area contributed by atoms with Crippen molar-refractivity contribution in [1.82, 2.24) is 9.97 Å². The Kier molecular flexibility index (Phi) is 3.68. The molecule has 0 saturated carbocycles. The van der Waals surface area contributed by atoms with E-state index in [0.717, 1.165) is 24.1 Å². The van der Waals surface area contributed by atoms with Crippen LogP contribution in [0.5, 0.6) is 0 Å². The first-order valence-electron chi connectivity index (χ1n) is 8.19. The summed E-state index contributed by atoms with van der Waals surface area (Å²) in [5.74, 6) is 0.0632. The van der Waals surface area contributed by atoms with Crippen molar-refractivity contribution in [2.24, 2.45) is 0 Å². The molecule has 0 bridgehead atoms. The van der Waals surface area contributed by atoms with Crippen LogP contribution in [0.1, 0.15) is 18.4 Å². The van der Waals surface area contributed by atoms with Gasteiger partial charge in [-0.05, 0) is 24.5 Å². The Morgan fingerprint density at radius 2 is 1.76 bits per heavy atom. The molecule has 2 aliphatic heterocycles. The number of hydrogen-bond donors (Lipinski definition) is 0. The van der Waals surface area contributed by atoms with E-state index in [-0.39, 0.29) is 5.41 Å². The second-order valence-corrected chi connectivity index (χ2v) is 8.66. The predicted octanol–water partition coefficient (Wildman–Crippen LogP) is 1.93. The Labute approximate surface area is 146 Å². The first-order valence-corrected chi connectivity index (χ1v) is 10.0. The standard InChI is InChI=1S/C17H19FN4O2S/c1-25(23,24)22-12-17(14-4-2-3-5-15(14)22)6-8-21(9-7-17)16-19-10-13(18)11-20-16/h2-5,10-11H,6-9,12H2,1H3. The minimum absolute atomic E-state index is 0.184. The number of benzene rings is 1. The third kappa shape index (κ3) is 2.74. The van der Waals surface area contributed by atoms with Gasteiger partial charge in [0.25, 0.3) is 0 Å². The molecule has 2 aliphatic rings. The van der Waals surface area contributed by atoms with Gasteiger partial charge in [0, 0.05) is 25.0 Å². The van der Waals surface area contributed by atoms with E-state index in [0.29, 0.717) is 25.6 Å². The van der Waals surface area contributed by atoms with E-state index in [9.17, 15) is 12.8 Å². The molecule has 0 radical (unpaired) electrons. The van der Waals surface area contributed by atoms with Crippen molar-refractivity contribution < 1.29 is 12.8 Å². The molecule has 132 valence electrons. The highest BCUT2D eigenvalue weighted by Crippen LogP contribution is 2.47. The number of rotatable bonds is 2. The van der Waals surface area contributed by atoms with Crippen LogP contribution in [0.4, 0.5) is 16.0 Å². The van der Waals surface area contributed by atoms with Crippen LogP contribution in [0, 0.1) is 5.82 Å². The summed E-state index contributed by atoms with van der Waals surface area (Å²) in [4.78, 5) is 10.1. The van der Waals surface area contributed by atoms with Crippen LogP contribution in [0.25, 0.3) is 0 Å². The van der Waals surface area contributed by atoms with Crippen LogP contribution in [-0.4, -0.2) is 44.3 Å². The fraction of sp³-hybridized carbons (Fsp3) is 0.412. The van der Waals surface area contributed by atoms with Gasteiger partial charge in [0.1, 0.15) is 0 Å². The molecule has 4 rings (SSSR count). The van der Waals surface area contributed by atoms with Gasteiger partial charge < -0.3 is 4.90 Å². The quantitative estimate of drug-likeness (QED) is 0.817. The van der Waals surface area contributed by atoms with Gasteiger partial charge in [-0.1, -0.05) is 18.2 Å². The molecule has 1 aromatic heterocycles. The number of nitrogens with zero attached hydrogens (tertiary/aromatic N) is 4. The third-order valence-electron chi connectivity index (χ3n) is 5.20. The maximum atomic E-state index is 13.0. The minimum Gasteiger partial charge on any atom is -0.341 e. The molecule has 8 heteroatoms. The number of hydrogen-bond acceptors (Lipinski definition) is 5. The van der Waals surface area contributed by atoms with Gasteiger partial charge in [-0.3, -0.25) is 4.31 Å². The molecule has 25 heavy (non-hydrogen) atoms. The van der Waals surface area contributed by atoms with Crippen LogP contribution in [0.2, 0.25) is 0 Å². The zero-order chi connectivity index (χ0) is 17.7. The minimum atomic E-state index is -3.31. The number of fused-ring (bicyclic) bond motifs is 2. The zero-order valence-electron chi connectivity index (χ0n) is 13.9. The molecular weight excluding hydrogens is 343 g/mol. The van der Waals surface area contributed by atoms with Crippen LogP contribution < -0.4 is 9.21 Å². The number of piperidine rings is 1. The summed E-state index contributed by atoms with van der Waals surface area (Å²) in [7, 11) is -3.31. The number of aromatic nitrogens is 2. The summed E-state index contributed by atoms with van der Waals surface area (Å²) < 4.78 is 38.9. The fourth-order valence-electron chi connectivity index (χ4n) is 3.91. The second-order valence-electron chi connectivity index (χ2n) is 6.76. The molecule has 1 saturated heterocycles. The second kappa shape index (κ2) is 5.66. The van der Waals surface area contributed by atoms with Crippen molar-refractivity contribution in [3.05, 3.63) is 48.0 Å². The van der Waals surface area contributed by atoms with Crippen molar-refractivity contribution in [2.45, 2.75) is 18.3 Å². The average Bonchev–Trinajstić information content (AvgIpc) is 2.92. The number of anilines is 2. The molecule has 1 aromatic carbocycles. The van der Waals surface area contributed by atoms with E-state index in [1.54, 1.807) is 0 Å². The highest BCUT2D eigenvalue weighted by atomic mass is 32.2. The average molecular weight is 362 g/mol. The molecular formula is C17H19FN4O2S. The Morgan fingerprint density at radius 1 is 1.12 bits per heavy atom. The Hall–Kier alpha value is -2.22. The number of sulfonamides is 1. The van der Waals surface area contributed by atoms with Gasteiger partial charge in [-0.2, -0.15) is 0 Å². The van der Waals surface area contributed by atoms with Crippen molar-refractivity contribution in [3.8, 4) is 0 Å². The van der Waals surface area contributed by atoms with E-state index in [1.165, 1.54) is 23.0 Å². The van der Waals surface area contributed by atoms with E-state index in [4.69, 9.17) is 0 Å². The summed E-state index contributed by atoms with van der Waals surface area (Å²) in [6.45, 7) is 1.89. The summed E-state index contributed by atoms with van der Waals surface area (Å²) >= 11 is 0. The van der Waals surface area contributed by atoms with Crippen molar-refractivity contribution >= 4 is 21.7 Å². The van der Waals surface area contributed by atoms with Crippen LogP contribution in [0.3, 0.4) is 0 Å². The molecule has 1 spiro atoms. The van der Waals surface area contributed by atoms with Crippen molar-refractivity contribution in [2.75, 3.05) is 35.1 Å². The maximum absolute atomic E-state index is 13.0. The van der Waals surface area contributed by atoms with Gasteiger partial charge in [-0.25, -0.2) is 22.8 Å². The smallest absolute Gasteiger partial charge is 0.232 e. The maximum Gasteiger partial charge on any atom is 0.232 e. The molecule has 0 N–H and O–H groups in total. The number of halogens is 1. The lowest BCUT2D eigenvalue weighted by Gasteiger charge is -2.39. The molecule has 2 aromatic rings. The summed E-state index contributed by atoms with van der Waals surface area (Å²) in [5, 5.41) is 0. The van der Waals surface area contributed by atoms with Gasteiger partial charge >= 0.3 is 0 Å². The van der Waals surface area contributed by atoms with Crippen LogP contribution in [-0.2, 0) is 15.4 Å². The van der Waals surface area contributed by atoms with E-state index in [1.807, 2.05) is 29.2 Å². The SMILES string of the molecule is CS(=O)(=O)N1CC2(CCN(c3ncc(F)cn3)CC2)c2ccccc21.